The molecule has 0 radical (unpaired) electrons. The van der Waals surface area contributed by atoms with Gasteiger partial charge in [0.1, 0.15) is 0 Å². The van der Waals surface area contributed by atoms with E-state index >= 15 is 0 Å². The standard InChI is InChI=1S/C16H31NO/c1-14(2)13(15(14,3)4)10-17-11-16(12-18)8-6-5-7-9-16/h13,17-18H,5-12H2,1-4H3. The molecule has 0 aliphatic heterocycles. The molecule has 2 heteroatoms. The van der Waals surface area contributed by atoms with Crippen molar-refractivity contribution in [1.82, 2.24) is 5.32 Å². The Kier molecular flexibility index (Phi) is 3.81. The fourth-order valence-corrected chi connectivity index (χ4v) is 4.02. The summed E-state index contributed by atoms with van der Waals surface area (Å²) in [5.41, 5.74) is 1.12. The highest BCUT2D eigenvalue weighted by atomic mass is 16.3. The Hall–Kier alpha value is -0.0800. The van der Waals surface area contributed by atoms with Gasteiger partial charge in [0.25, 0.3) is 0 Å². The minimum atomic E-state index is 0.182. The van der Waals surface area contributed by atoms with E-state index in [-0.39, 0.29) is 5.41 Å². The second kappa shape index (κ2) is 4.79. The minimum absolute atomic E-state index is 0.182. The van der Waals surface area contributed by atoms with Gasteiger partial charge in [-0.3, -0.25) is 0 Å². The van der Waals surface area contributed by atoms with Crippen molar-refractivity contribution in [3.05, 3.63) is 0 Å². The number of nitrogens with one attached hydrogen (secondary N) is 1. The normalized spacial score (nSPS) is 29.2. The SMILES string of the molecule is CC1(C)C(CNCC2(CO)CCCCC2)C1(C)C. The topological polar surface area (TPSA) is 32.3 Å². The Balaban J connectivity index is 1.78. The number of hydrogen-bond acceptors (Lipinski definition) is 2. The zero-order chi connectivity index (χ0) is 13.4. The van der Waals surface area contributed by atoms with Crippen LogP contribution in [0.15, 0.2) is 0 Å². The molecule has 106 valence electrons. The van der Waals surface area contributed by atoms with Gasteiger partial charge >= 0.3 is 0 Å². The van der Waals surface area contributed by atoms with E-state index in [2.05, 4.69) is 33.0 Å². The summed E-state index contributed by atoms with van der Waals surface area (Å²) in [6.45, 7) is 12.0. The van der Waals surface area contributed by atoms with E-state index in [1.54, 1.807) is 0 Å². The Morgan fingerprint density at radius 1 is 1.00 bits per heavy atom. The third-order valence-corrected chi connectivity index (χ3v) is 6.42. The first kappa shape index (κ1) is 14.3. The van der Waals surface area contributed by atoms with Crippen molar-refractivity contribution in [2.45, 2.75) is 59.8 Å². The average Bonchev–Trinajstić information content (AvgIpc) is 2.73. The highest BCUT2D eigenvalue weighted by Crippen LogP contribution is 2.67. The quantitative estimate of drug-likeness (QED) is 0.788. The molecule has 0 amide bonds. The van der Waals surface area contributed by atoms with E-state index in [1.807, 2.05) is 0 Å². The smallest absolute Gasteiger partial charge is 0.0499 e. The molecule has 2 saturated carbocycles. The van der Waals surface area contributed by atoms with E-state index in [0.29, 0.717) is 17.4 Å². The van der Waals surface area contributed by atoms with Crippen LogP contribution in [0.25, 0.3) is 0 Å². The van der Waals surface area contributed by atoms with E-state index in [4.69, 9.17) is 0 Å². The van der Waals surface area contributed by atoms with Crippen molar-refractivity contribution in [2.75, 3.05) is 19.7 Å². The van der Waals surface area contributed by atoms with E-state index in [0.717, 1.165) is 19.0 Å². The van der Waals surface area contributed by atoms with Crippen LogP contribution in [0.5, 0.6) is 0 Å². The van der Waals surface area contributed by atoms with Crippen molar-refractivity contribution in [3.8, 4) is 0 Å². The summed E-state index contributed by atoms with van der Waals surface area (Å²) in [6.07, 6.45) is 6.34. The fraction of sp³-hybridized carbons (Fsp3) is 1.00. The van der Waals surface area contributed by atoms with E-state index in [1.165, 1.54) is 32.1 Å². The first-order chi connectivity index (χ1) is 8.36. The molecule has 2 fully saturated rings. The molecular weight excluding hydrogens is 222 g/mol. The van der Waals surface area contributed by atoms with Gasteiger partial charge in [-0.25, -0.2) is 0 Å². The molecule has 0 aromatic carbocycles. The maximum absolute atomic E-state index is 9.69. The molecule has 2 nitrogen and oxygen atoms in total. The van der Waals surface area contributed by atoms with Gasteiger partial charge in [-0.2, -0.15) is 0 Å². The molecule has 2 rings (SSSR count). The van der Waals surface area contributed by atoms with Crippen LogP contribution in [0, 0.1) is 22.2 Å². The Bertz CT molecular complexity index is 275. The van der Waals surface area contributed by atoms with Crippen LogP contribution >= 0.6 is 0 Å². The van der Waals surface area contributed by atoms with Crippen molar-refractivity contribution < 1.29 is 5.11 Å². The average molecular weight is 253 g/mol. The summed E-state index contributed by atoms with van der Waals surface area (Å²) in [5.74, 6) is 0.782. The van der Waals surface area contributed by atoms with Gasteiger partial charge in [-0.05, 0) is 36.1 Å². The third kappa shape index (κ3) is 2.34. The fourth-order valence-electron chi connectivity index (χ4n) is 4.02. The molecule has 0 saturated heterocycles. The van der Waals surface area contributed by atoms with Gasteiger partial charge in [-0.15, -0.1) is 0 Å². The molecule has 0 bridgehead atoms. The monoisotopic (exact) mass is 253 g/mol. The molecule has 0 aromatic rings. The van der Waals surface area contributed by atoms with Crippen LogP contribution in [-0.2, 0) is 0 Å². The number of hydrogen-bond donors (Lipinski definition) is 2. The van der Waals surface area contributed by atoms with Crippen molar-refractivity contribution >= 4 is 0 Å². The third-order valence-electron chi connectivity index (χ3n) is 6.42. The molecule has 18 heavy (non-hydrogen) atoms. The lowest BCUT2D eigenvalue weighted by atomic mass is 9.74. The highest BCUT2D eigenvalue weighted by Gasteiger charge is 2.63. The first-order valence-corrected chi connectivity index (χ1v) is 7.67. The predicted molar refractivity (Wildman–Crippen MR) is 76.5 cm³/mol. The predicted octanol–water partition coefficient (Wildman–Crippen LogP) is 3.20. The zero-order valence-electron chi connectivity index (χ0n) is 12.7. The maximum atomic E-state index is 9.69. The lowest BCUT2D eigenvalue weighted by Gasteiger charge is -2.36. The van der Waals surface area contributed by atoms with Crippen molar-refractivity contribution in [3.63, 3.8) is 0 Å². The van der Waals surface area contributed by atoms with Gasteiger partial charge in [-0.1, -0.05) is 47.0 Å². The molecule has 0 spiro atoms. The maximum Gasteiger partial charge on any atom is 0.0499 e. The summed E-state index contributed by atoms with van der Waals surface area (Å²) in [6, 6.07) is 0. The van der Waals surface area contributed by atoms with E-state index < -0.39 is 0 Å². The van der Waals surface area contributed by atoms with Crippen LogP contribution in [0.3, 0.4) is 0 Å². The number of aliphatic hydroxyl groups is 1. The summed E-state index contributed by atoms with van der Waals surface area (Å²) >= 11 is 0. The molecule has 0 heterocycles. The van der Waals surface area contributed by atoms with Gasteiger partial charge < -0.3 is 10.4 Å². The van der Waals surface area contributed by atoms with Crippen LogP contribution in [0.4, 0.5) is 0 Å². The molecular formula is C16H31NO. The Morgan fingerprint density at radius 3 is 2.00 bits per heavy atom. The zero-order valence-corrected chi connectivity index (χ0v) is 12.7. The van der Waals surface area contributed by atoms with Crippen LogP contribution < -0.4 is 5.32 Å². The van der Waals surface area contributed by atoms with Crippen LogP contribution in [-0.4, -0.2) is 24.8 Å². The second-order valence-electron chi connectivity index (χ2n) is 7.85. The second-order valence-corrected chi connectivity index (χ2v) is 7.85. The first-order valence-electron chi connectivity index (χ1n) is 7.67. The molecule has 0 unspecified atom stereocenters. The van der Waals surface area contributed by atoms with Gasteiger partial charge in [0.05, 0.1) is 0 Å². The molecule has 0 aromatic heterocycles. The largest absolute Gasteiger partial charge is 0.396 e. The molecule has 2 aliphatic carbocycles. The Labute approximate surface area is 113 Å². The van der Waals surface area contributed by atoms with E-state index in [9.17, 15) is 5.11 Å². The lowest BCUT2D eigenvalue weighted by Crippen LogP contribution is -2.40. The van der Waals surface area contributed by atoms with Crippen LogP contribution in [0.2, 0.25) is 0 Å². The summed E-state index contributed by atoms with van der Waals surface area (Å²) in [7, 11) is 0. The van der Waals surface area contributed by atoms with Crippen molar-refractivity contribution in [1.29, 1.82) is 0 Å². The summed E-state index contributed by atoms with van der Waals surface area (Å²) < 4.78 is 0. The van der Waals surface area contributed by atoms with Crippen LogP contribution in [0.1, 0.15) is 59.8 Å². The molecule has 0 atom stereocenters. The summed E-state index contributed by atoms with van der Waals surface area (Å²) in [4.78, 5) is 0. The summed E-state index contributed by atoms with van der Waals surface area (Å²) in [5, 5.41) is 13.3. The van der Waals surface area contributed by atoms with Gasteiger partial charge in [0, 0.05) is 18.6 Å². The molecule has 2 aliphatic rings. The molecule has 2 N–H and O–H groups in total. The lowest BCUT2D eigenvalue weighted by molar-refractivity contribution is 0.0808. The Morgan fingerprint density at radius 2 is 1.56 bits per heavy atom. The minimum Gasteiger partial charge on any atom is -0.396 e. The number of aliphatic hydroxyl groups excluding tert-OH is 1. The van der Waals surface area contributed by atoms with Gasteiger partial charge in [0.2, 0.25) is 0 Å². The number of rotatable bonds is 5. The highest BCUT2D eigenvalue weighted by molar-refractivity contribution is 5.12. The van der Waals surface area contributed by atoms with Gasteiger partial charge in [0.15, 0.2) is 0 Å². The van der Waals surface area contributed by atoms with Crippen molar-refractivity contribution in [2.24, 2.45) is 22.2 Å².